The maximum Gasteiger partial charge on any atom is 0.303 e. The van der Waals surface area contributed by atoms with Crippen molar-refractivity contribution in [2.75, 3.05) is 7.11 Å². The summed E-state index contributed by atoms with van der Waals surface area (Å²) in [6, 6.07) is 0. The second-order valence-electron chi connectivity index (χ2n) is 5.49. The van der Waals surface area contributed by atoms with E-state index in [1.54, 1.807) is 6.92 Å². The number of ether oxygens (including phenoxy) is 3. The van der Waals surface area contributed by atoms with Gasteiger partial charge < -0.3 is 29.5 Å². The Morgan fingerprint density at radius 3 is 2.53 bits per heavy atom. The smallest absolute Gasteiger partial charge is 0.303 e. The summed E-state index contributed by atoms with van der Waals surface area (Å²) in [5, 5.41) is 30.4. The van der Waals surface area contributed by atoms with Crippen molar-refractivity contribution in [1.82, 2.24) is 0 Å². The average Bonchev–Trinajstić information content (AvgIpc) is 2.43. The zero-order chi connectivity index (χ0) is 14.4. The Bertz CT molecular complexity index is 373. The zero-order valence-corrected chi connectivity index (χ0v) is 11.2. The molecule has 1 aliphatic heterocycles. The molecule has 7 nitrogen and oxygen atoms in total. The fourth-order valence-corrected chi connectivity index (χ4v) is 3.40. The van der Waals surface area contributed by atoms with E-state index in [-0.39, 0.29) is 12.8 Å². The monoisotopic (exact) mass is 276 g/mol. The highest BCUT2D eigenvalue weighted by Crippen LogP contribution is 2.52. The zero-order valence-electron chi connectivity index (χ0n) is 11.2. The largest absolute Gasteiger partial charge is 0.459 e. The van der Waals surface area contributed by atoms with Gasteiger partial charge >= 0.3 is 5.97 Å². The number of methoxy groups -OCH3 is 1. The molecular formula is C12H20O7. The molecule has 19 heavy (non-hydrogen) atoms. The van der Waals surface area contributed by atoms with Gasteiger partial charge in [0.25, 0.3) is 0 Å². The lowest BCUT2D eigenvalue weighted by Gasteiger charge is -2.46. The van der Waals surface area contributed by atoms with E-state index in [9.17, 15) is 20.1 Å². The van der Waals surface area contributed by atoms with E-state index in [0.717, 1.165) is 0 Å². The van der Waals surface area contributed by atoms with E-state index < -0.39 is 41.8 Å². The number of hydrogen-bond acceptors (Lipinski definition) is 7. The molecule has 1 saturated carbocycles. The first-order chi connectivity index (χ1) is 8.73. The number of carbonyl (C=O) groups is 1. The normalized spacial score (nSPS) is 49.8. The molecule has 0 radical (unpaired) electrons. The molecule has 2 fully saturated rings. The van der Waals surface area contributed by atoms with Gasteiger partial charge in [-0.15, -0.1) is 0 Å². The number of rotatable bonds is 2. The molecule has 1 heterocycles. The lowest BCUT2D eigenvalue weighted by atomic mass is 9.78. The van der Waals surface area contributed by atoms with Crippen LogP contribution < -0.4 is 0 Å². The molecule has 0 unspecified atom stereocenters. The van der Waals surface area contributed by atoms with Crippen molar-refractivity contribution in [3.05, 3.63) is 0 Å². The Labute approximate surface area is 111 Å². The van der Waals surface area contributed by atoms with Crippen LogP contribution in [0.1, 0.15) is 26.7 Å². The third-order valence-electron chi connectivity index (χ3n) is 4.05. The molecular weight excluding hydrogens is 256 g/mol. The highest BCUT2D eigenvalue weighted by molar-refractivity contribution is 5.66. The van der Waals surface area contributed by atoms with Gasteiger partial charge in [0.05, 0.1) is 12.0 Å². The molecule has 0 aromatic rings. The minimum atomic E-state index is -1.61. The Morgan fingerprint density at radius 1 is 1.37 bits per heavy atom. The van der Waals surface area contributed by atoms with Gasteiger partial charge in [0, 0.05) is 26.9 Å². The third-order valence-corrected chi connectivity index (χ3v) is 4.05. The number of aliphatic hydroxyl groups excluding tert-OH is 2. The van der Waals surface area contributed by atoms with Gasteiger partial charge in [-0.1, -0.05) is 0 Å². The van der Waals surface area contributed by atoms with Crippen LogP contribution in [-0.4, -0.2) is 58.3 Å². The van der Waals surface area contributed by atoms with Gasteiger partial charge in [-0.25, -0.2) is 0 Å². The molecule has 0 aromatic heterocycles. The molecule has 0 bridgehead atoms. The van der Waals surface area contributed by atoms with Crippen molar-refractivity contribution >= 4 is 5.97 Å². The van der Waals surface area contributed by atoms with Crippen LogP contribution in [0.2, 0.25) is 0 Å². The molecule has 0 amide bonds. The standard InChI is InChI=1S/C12H20O7/c1-6(13)19-11(2)4-7(14)12(16)5-8(15)18-10(17-3)9(11)12/h7-10,14-16H,4-5H2,1-3H3/t7-,8-,9-,10-,11+,12-/m1/s1. The summed E-state index contributed by atoms with van der Waals surface area (Å²) in [7, 11) is 1.36. The SMILES string of the molecule is CO[C@@H]1O[C@@H](O)C[C@@]2(O)[C@H](O)C[C@](C)(OC(C)=O)[C@@H]12. The van der Waals surface area contributed by atoms with Crippen LogP contribution in [-0.2, 0) is 19.0 Å². The molecule has 2 aliphatic rings. The predicted octanol–water partition coefficient (Wildman–Crippen LogP) is -0.869. The van der Waals surface area contributed by atoms with Crippen molar-refractivity contribution in [2.45, 2.75) is 56.6 Å². The summed E-state index contributed by atoms with van der Waals surface area (Å²) < 4.78 is 15.6. The summed E-state index contributed by atoms with van der Waals surface area (Å²) in [4.78, 5) is 11.2. The van der Waals surface area contributed by atoms with E-state index in [1.807, 2.05) is 0 Å². The Hall–Kier alpha value is -0.730. The maximum absolute atomic E-state index is 11.2. The first-order valence-electron chi connectivity index (χ1n) is 6.19. The van der Waals surface area contributed by atoms with E-state index in [2.05, 4.69) is 0 Å². The van der Waals surface area contributed by atoms with Crippen LogP contribution in [0.5, 0.6) is 0 Å². The lowest BCUT2D eigenvalue weighted by molar-refractivity contribution is -0.329. The number of hydrogen-bond donors (Lipinski definition) is 3. The quantitative estimate of drug-likeness (QED) is 0.563. The number of aliphatic hydroxyl groups is 3. The van der Waals surface area contributed by atoms with Gasteiger partial charge in [0.1, 0.15) is 11.2 Å². The van der Waals surface area contributed by atoms with Gasteiger partial charge in [-0.3, -0.25) is 4.79 Å². The minimum Gasteiger partial charge on any atom is -0.459 e. The summed E-state index contributed by atoms with van der Waals surface area (Å²) >= 11 is 0. The minimum absolute atomic E-state index is 0.0592. The van der Waals surface area contributed by atoms with Crippen molar-refractivity contribution in [3.63, 3.8) is 0 Å². The predicted molar refractivity (Wildman–Crippen MR) is 61.7 cm³/mol. The molecule has 1 saturated heterocycles. The number of esters is 1. The van der Waals surface area contributed by atoms with Crippen molar-refractivity contribution in [1.29, 1.82) is 0 Å². The molecule has 6 atom stereocenters. The summed E-state index contributed by atoms with van der Waals surface area (Å²) in [5.74, 6) is -1.28. The second-order valence-corrected chi connectivity index (χ2v) is 5.49. The van der Waals surface area contributed by atoms with Crippen LogP contribution in [0.15, 0.2) is 0 Å². The van der Waals surface area contributed by atoms with Crippen LogP contribution in [0.25, 0.3) is 0 Å². The fraction of sp³-hybridized carbons (Fsp3) is 0.917. The third kappa shape index (κ3) is 2.25. The highest BCUT2D eigenvalue weighted by atomic mass is 16.7. The first-order valence-corrected chi connectivity index (χ1v) is 6.19. The number of carbonyl (C=O) groups excluding carboxylic acids is 1. The van der Waals surface area contributed by atoms with E-state index in [0.29, 0.717) is 0 Å². The number of fused-ring (bicyclic) bond motifs is 1. The maximum atomic E-state index is 11.2. The molecule has 7 heteroatoms. The summed E-state index contributed by atoms with van der Waals surface area (Å²) in [6.07, 6.45) is -3.42. The van der Waals surface area contributed by atoms with Gasteiger partial charge in [0.2, 0.25) is 0 Å². The van der Waals surface area contributed by atoms with Crippen LogP contribution >= 0.6 is 0 Å². The molecule has 3 N–H and O–H groups in total. The van der Waals surface area contributed by atoms with Crippen molar-refractivity contribution in [3.8, 4) is 0 Å². The molecule has 0 aromatic carbocycles. The second kappa shape index (κ2) is 4.68. The van der Waals surface area contributed by atoms with Gasteiger partial charge in [-0.2, -0.15) is 0 Å². The van der Waals surface area contributed by atoms with E-state index in [1.165, 1.54) is 14.0 Å². The summed E-state index contributed by atoms with van der Waals surface area (Å²) in [5.41, 5.74) is -2.72. The van der Waals surface area contributed by atoms with Crippen LogP contribution in [0, 0.1) is 5.92 Å². The van der Waals surface area contributed by atoms with E-state index in [4.69, 9.17) is 14.2 Å². The molecule has 1 aliphatic carbocycles. The van der Waals surface area contributed by atoms with Crippen LogP contribution in [0.4, 0.5) is 0 Å². The molecule has 2 rings (SSSR count). The van der Waals surface area contributed by atoms with Gasteiger partial charge in [-0.05, 0) is 6.92 Å². The first kappa shape index (κ1) is 14.7. The fourth-order valence-electron chi connectivity index (χ4n) is 3.40. The van der Waals surface area contributed by atoms with Gasteiger partial charge in [0.15, 0.2) is 12.6 Å². The topological polar surface area (TPSA) is 105 Å². The lowest BCUT2D eigenvalue weighted by Crippen LogP contribution is -2.60. The average molecular weight is 276 g/mol. The Kier molecular flexibility index (Phi) is 3.61. The summed E-state index contributed by atoms with van der Waals surface area (Å²) in [6.45, 7) is 2.88. The van der Waals surface area contributed by atoms with Crippen molar-refractivity contribution < 1.29 is 34.3 Å². The Balaban J connectivity index is 2.38. The van der Waals surface area contributed by atoms with E-state index >= 15 is 0 Å². The van der Waals surface area contributed by atoms with Crippen molar-refractivity contribution in [2.24, 2.45) is 5.92 Å². The Morgan fingerprint density at radius 2 is 2.00 bits per heavy atom. The highest BCUT2D eigenvalue weighted by Gasteiger charge is 2.67. The van der Waals surface area contributed by atoms with Crippen LogP contribution in [0.3, 0.4) is 0 Å². The molecule has 110 valence electrons. The molecule has 0 spiro atoms.